The van der Waals surface area contributed by atoms with Crippen LogP contribution in [-0.4, -0.2) is 32.1 Å². The van der Waals surface area contributed by atoms with Gasteiger partial charge in [-0.3, -0.25) is 14.7 Å². The predicted molar refractivity (Wildman–Crippen MR) is 91.7 cm³/mol. The lowest BCUT2D eigenvalue weighted by Crippen LogP contribution is -2.35. The molecule has 0 radical (unpaired) electrons. The zero-order valence-corrected chi connectivity index (χ0v) is 15.5. The predicted octanol–water partition coefficient (Wildman–Crippen LogP) is 3.49. The van der Waals surface area contributed by atoms with E-state index in [1.165, 1.54) is 7.11 Å². The fourth-order valence-corrected chi connectivity index (χ4v) is 5.37. The second kappa shape index (κ2) is 7.79. The first-order valence-electron chi connectivity index (χ1n) is 8.19. The number of carbonyl (C=O) groups is 1. The molecule has 7 heteroatoms. The minimum Gasteiger partial charge on any atom is -0.469 e. The van der Waals surface area contributed by atoms with Crippen molar-refractivity contribution >= 4 is 13.6 Å². The number of ether oxygens (including phenoxy) is 1. The summed E-state index contributed by atoms with van der Waals surface area (Å²) in [4.78, 5) is 12.5. The molecule has 0 aliphatic carbocycles. The smallest absolute Gasteiger partial charge is 0.347 e. The molecule has 3 atom stereocenters. The highest BCUT2D eigenvalue weighted by Gasteiger charge is 2.56. The maximum absolute atomic E-state index is 13.1. The van der Waals surface area contributed by atoms with Crippen LogP contribution >= 0.6 is 7.60 Å². The van der Waals surface area contributed by atoms with Crippen LogP contribution in [0.25, 0.3) is 0 Å². The second-order valence-corrected chi connectivity index (χ2v) is 8.23. The first-order valence-corrected chi connectivity index (χ1v) is 9.80. The molecule has 1 aliphatic heterocycles. The van der Waals surface area contributed by atoms with Crippen molar-refractivity contribution in [3.8, 4) is 0 Å². The van der Waals surface area contributed by atoms with Crippen molar-refractivity contribution in [2.24, 2.45) is 5.41 Å². The van der Waals surface area contributed by atoms with Crippen molar-refractivity contribution in [3.63, 3.8) is 0 Å². The number of methoxy groups -OCH3 is 1. The molecule has 1 fully saturated rings. The Hall–Kier alpha value is -1.20. The Morgan fingerprint density at radius 1 is 1.25 bits per heavy atom. The molecule has 1 aromatic carbocycles. The number of benzene rings is 1. The minimum absolute atomic E-state index is 0.278. The molecule has 0 bridgehead atoms. The molecule has 0 amide bonds. The molecule has 6 nitrogen and oxygen atoms in total. The van der Waals surface area contributed by atoms with Gasteiger partial charge in [-0.15, -0.1) is 0 Å². The van der Waals surface area contributed by atoms with E-state index in [9.17, 15) is 9.36 Å². The molecule has 2 rings (SSSR count). The quantitative estimate of drug-likeness (QED) is 0.596. The molecule has 1 aromatic rings. The average Bonchev–Trinajstić information content (AvgIpc) is 2.95. The molecule has 1 aliphatic rings. The van der Waals surface area contributed by atoms with Gasteiger partial charge in [-0.05, 0) is 32.8 Å². The van der Waals surface area contributed by atoms with Gasteiger partial charge in [-0.25, -0.2) is 0 Å². The van der Waals surface area contributed by atoms with Crippen LogP contribution in [0.15, 0.2) is 30.3 Å². The molecule has 24 heavy (non-hydrogen) atoms. The Labute approximate surface area is 143 Å². The molecule has 0 spiro atoms. The van der Waals surface area contributed by atoms with E-state index in [2.05, 4.69) is 5.32 Å². The Morgan fingerprint density at radius 2 is 1.83 bits per heavy atom. The standard InChI is InChI=1S/C17H26NO5P/c1-5-22-24(20,23-6-2)14-12-17(3,16(19)21-4)15(18-14)13-10-8-7-9-11-13/h7-11,14-15,18H,5-6,12H2,1-4H3/t14-,15+,17+/m1/s1. The zero-order chi connectivity index (χ0) is 17.8. The monoisotopic (exact) mass is 355 g/mol. The van der Waals surface area contributed by atoms with E-state index in [1.54, 1.807) is 13.8 Å². The van der Waals surface area contributed by atoms with Gasteiger partial charge in [0.05, 0.1) is 25.7 Å². The van der Waals surface area contributed by atoms with Gasteiger partial charge >= 0.3 is 13.6 Å². The highest BCUT2D eigenvalue weighted by atomic mass is 31.2. The Bertz CT molecular complexity index is 598. The number of hydrogen-bond donors (Lipinski definition) is 1. The fraction of sp³-hybridized carbons (Fsp3) is 0.588. The van der Waals surface area contributed by atoms with Crippen LogP contribution in [0, 0.1) is 5.41 Å². The molecule has 1 saturated heterocycles. The zero-order valence-electron chi connectivity index (χ0n) is 14.7. The Morgan fingerprint density at radius 3 is 2.33 bits per heavy atom. The van der Waals surface area contributed by atoms with Crippen molar-refractivity contribution < 1.29 is 23.1 Å². The molecule has 1 heterocycles. The summed E-state index contributed by atoms with van der Waals surface area (Å²) in [7, 11) is -2.01. The van der Waals surface area contributed by atoms with Gasteiger partial charge in [0.15, 0.2) is 0 Å². The number of carbonyl (C=O) groups excluding carboxylic acids is 1. The van der Waals surface area contributed by atoms with Crippen LogP contribution in [0.4, 0.5) is 0 Å². The maximum atomic E-state index is 13.1. The molecule has 0 saturated carbocycles. The Balaban J connectivity index is 2.40. The van der Waals surface area contributed by atoms with Gasteiger partial charge in [0.2, 0.25) is 0 Å². The van der Waals surface area contributed by atoms with Gasteiger partial charge in [-0.2, -0.15) is 0 Å². The minimum atomic E-state index is -3.37. The number of hydrogen-bond acceptors (Lipinski definition) is 6. The van der Waals surface area contributed by atoms with Crippen molar-refractivity contribution in [2.45, 2.75) is 39.0 Å². The van der Waals surface area contributed by atoms with Crippen LogP contribution in [0.3, 0.4) is 0 Å². The van der Waals surface area contributed by atoms with Gasteiger partial charge in [0, 0.05) is 6.04 Å². The fourth-order valence-electron chi connectivity index (χ4n) is 3.28. The van der Waals surface area contributed by atoms with E-state index in [0.717, 1.165) is 5.56 Å². The van der Waals surface area contributed by atoms with Crippen molar-refractivity contribution in [2.75, 3.05) is 20.3 Å². The van der Waals surface area contributed by atoms with Gasteiger partial charge in [0.25, 0.3) is 0 Å². The van der Waals surface area contributed by atoms with Crippen molar-refractivity contribution in [1.82, 2.24) is 5.32 Å². The molecule has 134 valence electrons. The van der Waals surface area contributed by atoms with Crippen molar-refractivity contribution in [1.29, 1.82) is 0 Å². The van der Waals surface area contributed by atoms with Gasteiger partial charge in [0.1, 0.15) is 5.78 Å². The third-order valence-electron chi connectivity index (χ3n) is 4.40. The summed E-state index contributed by atoms with van der Waals surface area (Å²) in [6, 6.07) is 9.28. The average molecular weight is 355 g/mol. The number of nitrogens with one attached hydrogen (secondary N) is 1. The third-order valence-corrected chi connectivity index (χ3v) is 6.73. The summed E-state index contributed by atoms with van der Waals surface area (Å²) >= 11 is 0. The summed E-state index contributed by atoms with van der Waals surface area (Å²) in [6.07, 6.45) is 0.316. The highest BCUT2D eigenvalue weighted by Crippen LogP contribution is 2.60. The van der Waals surface area contributed by atoms with Crippen LogP contribution in [0.1, 0.15) is 38.8 Å². The van der Waals surface area contributed by atoms with Crippen molar-refractivity contribution in [3.05, 3.63) is 35.9 Å². The SMILES string of the molecule is CCOP(=O)(OCC)[C@@H]1C[C@](C)(C(=O)OC)[C@H](c2ccccc2)N1. The lowest BCUT2D eigenvalue weighted by atomic mass is 9.79. The molecule has 1 N–H and O–H groups in total. The summed E-state index contributed by atoms with van der Waals surface area (Å²) in [5.41, 5.74) is 0.0809. The lowest BCUT2D eigenvalue weighted by Gasteiger charge is -2.28. The summed E-state index contributed by atoms with van der Waals surface area (Å²) in [5, 5.41) is 3.31. The third kappa shape index (κ3) is 3.57. The Kier molecular flexibility index (Phi) is 6.21. The summed E-state index contributed by atoms with van der Waals surface area (Å²) in [5.74, 6) is -0.905. The van der Waals surface area contributed by atoms with E-state index in [-0.39, 0.29) is 25.2 Å². The van der Waals surface area contributed by atoms with Gasteiger partial charge < -0.3 is 13.8 Å². The first kappa shape index (κ1) is 19.1. The van der Waals surface area contributed by atoms with E-state index < -0.39 is 18.8 Å². The number of esters is 1. The molecular weight excluding hydrogens is 329 g/mol. The van der Waals surface area contributed by atoms with Gasteiger partial charge in [-0.1, -0.05) is 30.3 Å². The highest BCUT2D eigenvalue weighted by molar-refractivity contribution is 7.54. The van der Waals surface area contributed by atoms with Crippen LogP contribution in [-0.2, 0) is 23.1 Å². The topological polar surface area (TPSA) is 73.9 Å². The van der Waals surface area contributed by atoms with Crippen LogP contribution in [0.5, 0.6) is 0 Å². The van der Waals surface area contributed by atoms with E-state index in [1.807, 2.05) is 37.3 Å². The summed E-state index contributed by atoms with van der Waals surface area (Å²) < 4.78 is 29.1. The van der Waals surface area contributed by atoms with Crippen LogP contribution in [0.2, 0.25) is 0 Å². The number of rotatable bonds is 7. The maximum Gasteiger partial charge on any atom is 0.347 e. The lowest BCUT2D eigenvalue weighted by molar-refractivity contribution is -0.152. The molecule has 0 unspecified atom stereocenters. The second-order valence-electron chi connectivity index (χ2n) is 6.01. The molecular formula is C17H26NO5P. The normalized spacial score (nSPS) is 27.2. The molecule has 0 aromatic heterocycles. The first-order chi connectivity index (χ1) is 11.4. The van der Waals surface area contributed by atoms with Crippen LogP contribution < -0.4 is 5.32 Å². The van der Waals surface area contributed by atoms with E-state index in [0.29, 0.717) is 6.42 Å². The van der Waals surface area contributed by atoms with E-state index in [4.69, 9.17) is 13.8 Å². The largest absolute Gasteiger partial charge is 0.469 e. The summed E-state index contributed by atoms with van der Waals surface area (Å²) in [6.45, 7) is 5.93. The van der Waals surface area contributed by atoms with E-state index >= 15 is 0 Å².